The predicted octanol–water partition coefficient (Wildman–Crippen LogP) is 5.03. The molecule has 0 aromatic heterocycles. The van der Waals surface area contributed by atoms with Gasteiger partial charge < -0.3 is 5.11 Å². The van der Waals surface area contributed by atoms with Gasteiger partial charge in [-0.15, -0.1) is 0 Å². The van der Waals surface area contributed by atoms with Gasteiger partial charge in [0.1, 0.15) is 0 Å². The van der Waals surface area contributed by atoms with Crippen LogP contribution in [-0.2, 0) is 16.5 Å². The summed E-state index contributed by atoms with van der Waals surface area (Å²) in [6.07, 6.45) is 3.01. The molecular formula is C24H28O4S. The van der Waals surface area contributed by atoms with Crippen molar-refractivity contribution in [3.63, 3.8) is 0 Å². The Morgan fingerprint density at radius 1 is 0.793 bits per heavy atom. The van der Waals surface area contributed by atoms with Crippen molar-refractivity contribution in [2.75, 3.05) is 6.61 Å². The van der Waals surface area contributed by atoms with E-state index in [0.29, 0.717) is 5.92 Å². The largest absolute Gasteiger partial charge is 0.396 e. The molecule has 0 fully saturated rings. The van der Waals surface area contributed by atoms with E-state index < -0.39 is 10.1 Å². The molecule has 29 heavy (non-hydrogen) atoms. The Hall–Kier alpha value is -2.47. The molecule has 0 aliphatic heterocycles. The average molecular weight is 413 g/mol. The van der Waals surface area contributed by atoms with Crippen LogP contribution in [0.4, 0.5) is 0 Å². The van der Waals surface area contributed by atoms with Crippen molar-refractivity contribution in [1.82, 2.24) is 0 Å². The highest BCUT2D eigenvalue weighted by atomic mass is 32.2. The number of rotatable bonds is 7. The molecular weight excluding hydrogens is 384 g/mol. The number of hydrogen-bond donors (Lipinski definition) is 2. The molecule has 3 aromatic carbocycles. The summed E-state index contributed by atoms with van der Waals surface area (Å²) in [5.41, 5.74) is 3.66. The quantitative estimate of drug-likeness (QED) is 0.534. The Morgan fingerprint density at radius 2 is 1.34 bits per heavy atom. The minimum atomic E-state index is -4.02. The lowest BCUT2D eigenvalue weighted by Gasteiger charge is -2.16. The Balaban J connectivity index is 0.000000234. The number of benzene rings is 3. The summed E-state index contributed by atoms with van der Waals surface area (Å²) in [6.45, 7) is 2.10. The van der Waals surface area contributed by atoms with Crippen LogP contribution in [0.25, 0.3) is 0 Å². The lowest BCUT2D eigenvalue weighted by atomic mass is 9.90. The van der Waals surface area contributed by atoms with Crippen LogP contribution in [0.1, 0.15) is 35.4 Å². The maximum atomic E-state index is 10.5. The van der Waals surface area contributed by atoms with E-state index in [4.69, 9.17) is 4.55 Å². The molecule has 0 radical (unpaired) electrons. The van der Waals surface area contributed by atoms with Gasteiger partial charge in [0.25, 0.3) is 10.1 Å². The summed E-state index contributed by atoms with van der Waals surface area (Å²) in [7, 11) is -4.02. The van der Waals surface area contributed by atoms with Crippen LogP contribution in [0.5, 0.6) is 0 Å². The SMILES string of the molecule is Cc1ccc(S(=O)(=O)O)cc1.OCCC(CCc1ccccc1)c1ccccc1. The second-order valence-corrected chi connectivity index (χ2v) is 8.35. The van der Waals surface area contributed by atoms with E-state index in [1.165, 1.54) is 23.3 Å². The third-order valence-corrected chi connectivity index (χ3v) is 5.56. The summed E-state index contributed by atoms with van der Waals surface area (Å²) in [6, 6.07) is 27.0. The molecule has 3 rings (SSSR count). The molecule has 0 spiro atoms. The number of aryl methyl sites for hydroxylation is 2. The van der Waals surface area contributed by atoms with E-state index in [9.17, 15) is 13.5 Å². The molecule has 1 atom stereocenters. The van der Waals surface area contributed by atoms with Gasteiger partial charge in [0.2, 0.25) is 0 Å². The van der Waals surface area contributed by atoms with Crippen LogP contribution in [0.15, 0.2) is 89.8 Å². The molecule has 0 saturated carbocycles. The van der Waals surface area contributed by atoms with Gasteiger partial charge in [-0.3, -0.25) is 4.55 Å². The molecule has 0 amide bonds. The zero-order valence-electron chi connectivity index (χ0n) is 16.6. The zero-order chi connectivity index (χ0) is 21.1. The molecule has 1 unspecified atom stereocenters. The molecule has 0 saturated heterocycles. The third-order valence-electron chi connectivity index (χ3n) is 4.69. The van der Waals surface area contributed by atoms with E-state index in [1.54, 1.807) is 12.1 Å². The maximum Gasteiger partial charge on any atom is 0.294 e. The molecule has 4 nitrogen and oxygen atoms in total. The first kappa shape index (κ1) is 22.8. The topological polar surface area (TPSA) is 74.6 Å². The second kappa shape index (κ2) is 11.5. The van der Waals surface area contributed by atoms with E-state index in [2.05, 4.69) is 48.5 Å². The minimum absolute atomic E-state index is 0.0666. The Morgan fingerprint density at radius 3 is 1.86 bits per heavy atom. The molecule has 0 heterocycles. The van der Waals surface area contributed by atoms with Crippen LogP contribution in [0.2, 0.25) is 0 Å². The first-order valence-electron chi connectivity index (χ1n) is 9.64. The molecule has 2 N–H and O–H groups in total. The van der Waals surface area contributed by atoms with Crippen LogP contribution in [0, 0.1) is 6.92 Å². The van der Waals surface area contributed by atoms with E-state index >= 15 is 0 Å². The van der Waals surface area contributed by atoms with E-state index in [0.717, 1.165) is 24.8 Å². The summed E-state index contributed by atoms with van der Waals surface area (Å²) in [5, 5.41) is 9.20. The van der Waals surface area contributed by atoms with Crippen LogP contribution in [0.3, 0.4) is 0 Å². The number of hydrogen-bond acceptors (Lipinski definition) is 3. The average Bonchev–Trinajstić information content (AvgIpc) is 2.73. The molecule has 0 bridgehead atoms. The smallest absolute Gasteiger partial charge is 0.294 e. The summed E-state index contributed by atoms with van der Waals surface area (Å²) in [5.74, 6) is 0.455. The van der Waals surface area contributed by atoms with Crippen molar-refractivity contribution >= 4 is 10.1 Å². The monoisotopic (exact) mass is 412 g/mol. The lowest BCUT2D eigenvalue weighted by molar-refractivity contribution is 0.272. The highest BCUT2D eigenvalue weighted by molar-refractivity contribution is 7.85. The molecule has 154 valence electrons. The number of aliphatic hydroxyl groups excluding tert-OH is 1. The number of aliphatic hydroxyl groups is 1. The fourth-order valence-corrected chi connectivity index (χ4v) is 3.53. The van der Waals surface area contributed by atoms with Crippen molar-refractivity contribution in [3.8, 4) is 0 Å². The third kappa shape index (κ3) is 8.20. The van der Waals surface area contributed by atoms with Crippen LogP contribution >= 0.6 is 0 Å². The normalized spacial score (nSPS) is 12.0. The van der Waals surface area contributed by atoms with E-state index in [-0.39, 0.29) is 11.5 Å². The van der Waals surface area contributed by atoms with Crippen molar-refractivity contribution in [1.29, 1.82) is 0 Å². The summed E-state index contributed by atoms with van der Waals surface area (Å²) in [4.78, 5) is -0.0666. The molecule has 5 heteroatoms. The summed E-state index contributed by atoms with van der Waals surface area (Å²) >= 11 is 0. The van der Waals surface area contributed by atoms with Gasteiger partial charge in [-0.2, -0.15) is 8.42 Å². The Kier molecular flexibility index (Phi) is 9.06. The second-order valence-electron chi connectivity index (χ2n) is 6.93. The van der Waals surface area contributed by atoms with Gasteiger partial charge in [-0.1, -0.05) is 78.4 Å². The first-order chi connectivity index (χ1) is 13.9. The first-order valence-corrected chi connectivity index (χ1v) is 11.1. The molecule has 3 aromatic rings. The highest BCUT2D eigenvalue weighted by Crippen LogP contribution is 2.24. The van der Waals surface area contributed by atoms with E-state index in [1.807, 2.05) is 19.1 Å². The van der Waals surface area contributed by atoms with Crippen molar-refractivity contribution < 1.29 is 18.1 Å². The van der Waals surface area contributed by atoms with Gasteiger partial charge in [-0.05, 0) is 55.4 Å². The van der Waals surface area contributed by atoms with Crippen LogP contribution in [-0.4, -0.2) is 24.7 Å². The maximum absolute atomic E-state index is 10.5. The van der Waals surface area contributed by atoms with Crippen molar-refractivity contribution in [2.24, 2.45) is 0 Å². The van der Waals surface area contributed by atoms with Gasteiger partial charge in [-0.25, -0.2) is 0 Å². The van der Waals surface area contributed by atoms with Crippen molar-refractivity contribution in [2.45, 2.75) is 37.0 Å². The van der Waals surface area contributed by atoms with Crippen molar-refractivity contribution in [3.05, 3.63) is 102 Å². The highest BCUT2D eigenvalue weighted by Gasteiger charge is 2.10. The van der Waals surface area contributed by atoms with Gasteiger partial charge >= 0.3 is 0 Å². The summed E-state index contributed by atoms with van der Waals surface area (Å²) < 4.78 is 29.6. The minimum Gasteiger partial charge on any atom is -0.396 e. The Bertz CT molecular complexity index is 937. The fourth-order valence-electron chi connectivity index (χ4n) is 3.05. The Labute approximate surface area is 173 Å². The lowest BCUT2D eigenvalue weighted by Crippen LogP contribution is -2.03. The molecule has 0 aliphatic carbocycles. The van der Waals surface area contributed by atoms with Crippen LogP contribution < -0.4 is 0 Å². The van der Waals surface area contributed by atoms with Gasteiger partial charge in [0, 0.05) is 6.61 Å². The van der Waals surface area contributed by atoms with Gasteiger partial charge in [0.05, 0.1) is 4.90 Å². The zero-order valence-corrected chi connectivity index (χ0v) is 17.4. The standard InChI is InChI=1S/C17H20O.C7H8O3S/c18-14-13-17(16-9-5-2-6-10-16)12-11-15-7-3-1-4-8-15;1-6-2-4-7(5-3-6)11(8,9)10/h1-10,17-18H,11-14H2;2-5H,1H3,(H,8,9,10). The predicted molar refractivity (Wildman–Crippen MR) is 117 cm³/mol. The van der Waals surface area contributed by atoms with Gasteiger partial charge in [0.15, 0.2) is 0 Å². The molecule has 0 aliphatic rings. The fraction of sp³-hybridized carbons (Fsp3) is 0.250.